The van der Waals surface area contributed by atoms with Gasteiger partial charge >= 0.3 is 5.97 Å². The van der Waals surface area contributed by atoms with Gasteiger partial charge in [-0.2, -0.15) is 0 Å². The summed E-state index contributed by atoms with van der Waals surface area (Å²) in [7, 11) is 0. The average molecular weight is 490 g/mol. The molecule has 0 saturated heterocycles. The Morgan fingerprint density at radius 3 is 2.11 bits per heavy atom. The quantitative estimate of drug-likeness (QED) is 0.158. The second kappa shape index (κ2) is 10.0. The molecule has 0 unspecified atom stereocenters. The third-order valence-electron chi connectivity index (χ3n) is 6.40. The van der Waals surface area contributed by atoms with Crippen LogP contribution in [0.2, 0.25) is 0 Å². The van der Waals surface area contributed by atoms with Crippen LogP contribution in [-0.4, -0.2) is 23.4 Å². The van der Waals surface area contributed by atoms with Crippen LogP contribution in [-0.2, 0) is 14.3 Å². The number of benzene rings is 4. The van der Waals surface area contributed by atoms with Gasteiger partial charge in [-0.05, 0) is 36.2 Å². The predicted molar refractivity (Wildman–Crippen MR) is 139 cm³/mol. The Morgan fingerprint density at radius 2 is 1.38 bits per heavy atom. The summed E-state index contributed by atoms with van der Waals surface area (Å²) in [5, 5.41) is 2.58. The summed E-state index contributed by atoms with van der Waals surface area (Å²) < 4.78 is 5.56. The number of amides is 1. The summed E-state index contributed by atoms with van der Waals surface area (Å²) in [6, 6.07) is 29.7. The lowest BCUT2D eigenvalue weighted by Crippen LogP contribution is -2.38. The number of rotatable bonds is 7. The molecule has 0 bridgehead atoms. The molecular weight excluding hydrogens is 466 g/mol. The van der Waals surface area contributed by atoms with E-state index in [4.69, 9.17) is 4.74 Å². The van der Waals surface area contributed by atoms with Crippen LogP contribution in [0, 0.1) is 12.8 Å². The molecule has 6 nitrogen and oxygen atoms in total. The zero-order valence-corrected chi connectivity index (χ0v) is 20.0. The molecule has 6 heteroatoms. The Kier molecular flexibility index (Phi) is 6.47. The van der Waals surface area contributed by atoms with Crippen molar-refractivity contribution in [3.63, 3.8) is 0 Å². The van der Waals surface area contributed by atoms with E-state index >= 15 is 0 Å². The van der Waals surface area contributed by atoms with E-state index in [-0.39, 0.29) is 11.1 Å². The van der Waals surface area contributed by atoms with Gasteiger partial charge in [0.25, 0.3) is 5.91 Å². The van der Waals surface area contributed by atoms with Gasteiger partial charge in [0.05, 0.1) is 5.56 Å². The van der Waals surface area contributed by atoms with E-state index in [9.17, 15) is 19.2 Å². The third-order valence-corrected chi connectivity index (χ3v) is 6.40. The Hall–Kier alpha value is -4.84. The van der Waals surface area contributed by atoms with E-state index in [1.54, 1.807) is 72.8 Å². The Morgan fingerprint density at radius 1 is 0.757 bits per heavy atom. The summed E-state index contributed by atoms with van der Waals surface area (Å²) in [4.78, 5) is 53.5. The van der Waals surface area contributed by atoms with E-state index < -0.39 is 35.5 Å². The van der Waals surface area contributed by atoms with Crippen LogP contribution in [0.4, 0.5) is 5.69 Å². The Balaban J connectivity index is 1.57. The molecule has 0 aromatic heterocycles. The highest BCUT2D eigenvalue weighted by molar-refractivity contribution is 6.45. The molecule has 182 valence electrons. The minimum Gasteiger partial charge on any atom is -0.453 e. The molecule has 2 atom stereocenters. The van der Waals surface area contributed by atoms with Crippen LogP contribution < -0.4 is 5.32 Å². The molecule has 1 aliphatic heterocycles. The van der Waals surface area contributed by atoms with Crippen LogP contribution in [0.25, 0.3) is 11.1 Å². The van der Waals surface area contributed by atoms with Gasteiger partial charge in [-0.15, -0.1) is 0 Å². The van der Waals surface area contributed by atoms with Crippen molar-refractivity contribution in [2.24, 2.45) is 5.92 Å². The number of Topliss-reactive ketones (excluding diaryl/α,β-unsaturated/α-hetero) is 2. The van der Waals surface area contributed by atoms with E-state index in [2.05, 4.69) is 5.32 Å². The van der Waals surface area contributed by atoms with Crippen molar-refractivity contribution in [1.29, 1.82) is 0 Å². The number of hydrogen-bond acceptors (Lipinski definition) is 5. The lowest BCUT2D eigenvalue weighted by atomic mass is 9.82. The summed E-state index contributed by atoms with van der Waals surface area (Å²) in [5.41, 5.74) is 3.74. The van der Waals surface area contributed by atoms with Crippen LogP contribution in [0.15, 0.2) is 103 Å². The summed E-state index contributed by atoms with van der Waals surface area (Å²) in [5.74, 6) is -4.75. The van der Waals surface area contributed by atoms with Crippen molar-refractivity contribution in [3.8, 4) is 11.1 Å². The number of nitrogens with one attached hydrogen (secondary N) is 1. The number of carbonyl (C=O) groups excluding carboxylic acids is 4. The molecule has 0 spiro atoms. The molecule has 0 saturated carbocycles. The fourth-order valence-corrected chi connectivity index (χ4v) is 4.52. The highest BCUT2D eigenvalue weighted by Gasteiger charge is 2.46. The van der Waals surface area contributed by atoms with Crippen LogP contribution in [0.1, 0.15) is 37.9 Å². The molecule has 1 amide bonds. The number of hydrogen-bond donors (Lipinski definition) is 1. The molecular formula is C31H23NO5. The fourth-order valence-electron chi connectivity index (χ4n) is 4.52. The van der Waals surface area contributed by atoms with Gasteiger partial charge in [0.1, 0.15) is 12.0 Å². The van der Waals surface area contributed by atoms with Crippen molar-refractivity contribution < 1.29 is 23.9 Å². The normalized spacial score (nSPS) is 14.8. The predicted octanol–water partition coefficient (Wildman–Crippen LogP) is 5.58. The minimum absolute atomic E-state index is 0.260. The lowest BCUT2D eigenvalue weighted by molar-refractivity contribution is -0.138. The zero-order valence-electron chi connectivity index (χ0n) is 20.0. The molecule has 0 aliphatic carbocycles. The number of ketones is 2. The maximum absolute atomic E-state index is 14.1. The first-order valence-corrected chi connectivity index (χ1v) is 11.8. The fraction of sp³-hybridized carbons (Fsp3) is 0.0968. The first-order valence-electron chi connectivity index (χ1n) is 11.8. The molecule has 4 aromatic rings. The van der Waals surface area contributed by atoms with Gasteiger partial charge in [-0.1, -0.05) is 90.5 Å². The Labute approximate surface area is 213 Å². The molecule has 4 aromatic carbocycles. The van der Waals surface area contributed by atoms with Crippen molar-refractivity contribution in [2.75, 3.05) is 5.32 Å². The molecule has 1 aliphatic rings. The van der Waals surface area contributed by atoms with E-state index in [0.29, 0.717) is 16.8 Å². The number of anilines is 1. The van der Waals surface area contributed by atoms with Gasteiger partial charge < -0.3 is 10.1 Å². The number of ether oxygens (including phenoxy) is 1. The lowest BCUT2D eigenvalue weighted by Gasteiger charge is -2.22. The van der Waals surface area contributed by atoms with Gasteiger partial charge in [0, 0.05) is 16.8 Å². The standard InChI is InChI=1S/C31H23NO5/c1-19-15-17-21(18-16-19)32-30(35)28(34)26(29-24-13-7-8-14-25(24)31(36)37-29)27(33)23-12-6-5-11-22(23)20-9-3-2-4-10-20/h2-18,26,29H,1H3,(H,32,35)/t26-,29+/m1/s1. The highest BCUT2D eigenvalue weighted by Crippen LogP contribution is 2.39. The smallest absolute Gasteiger partial charge is 0.339 e. The SMILES string of the molecule is Cc1ccc(NC(=O)C(=O)[C@@H](C(=O)c2ccccc2-c2ccccc2)[C@H]2OC(=O)c3ccccc32)cc1. The maximum atomic E-state index is 14.1. The van der Waals surface area contributed by atoms with Crippen molar-refractivity contribution >= 4 is 29.1 Å². The van der Waals surface area contributed by atoms with E-state index in [0.717, 1.165) is 11.1 Å². The molecule has 5 rings (SSSR count). The van der Waals surface area contributed by atoms with Crippen molar-refractivity contribution in [3.05, 3.63) is 125 Å². The van der Waals surface area contributed by atoms with Crippen LogP contribution in [0.3, 0.4) is 0 Å². The average Bonchev–Trinajstić information content (AvgIpc) is 3.26. The monoisotopic (exact) mass is 489 g/mol. The first kappa shape index (κ1) is 23.9. The number of cyclic esters (lactones) is 1. The second-order valence-electron chi connectivity index (χ2n) is 8.85. The summed E-state index contributed by atoms with van der Waals surface area (Å²) in [6.07, 6.45) is -1.23. The summed E-state index contributed by atoms with van der Waals surface area (Å²) in [6.45, 7) is 1.90. The third kappa shape index (κ3) is 4.69. The van der Waals surface area contributed by atoms with Crippen LogP contribution in [0.5, 0.6) is 0 Å². The molecule has 0 fully saturated rings. The molecule has 0 radical (unpaired) electrons. The molecule has 1 N–H and O–H groups in total. The highest BCUT2D eigenvalue weighted by atomic mass is 16.5. The molecule has 37 heavy (non-hydrogen) atoms. The second-order valence-corrected chi connectivity index (χ2v) is 8.85. The number of esters is 1. The van der Waals surface area contributed by atoms with Crippen molar-refractivity contribution in [1.82, 2.24) is 0 Å². The number of fused-ring (bicyclic) bond motifs is 1. The summed E-state index contributed by atoms with van der Waals surface area (Å²) >= 11 is 0. The Bertz CT molecular complexity index is 1510. The maximum Gasteiger partial charge on any atom is 0.339 e. The van der Waals surface area contributed by atoms with E-state index in [1.165, 1.54) is 0 Å². The van der Waals surface area contributed by atoms with Gasteiger partial charge in [0.2, 0.25) is 5.78 Å². The number of carbonyl (C=O) groups is 4. The van der Waals surface area contributed by atoms with Crippen LogP contribution >= 0.6 is 0 Å². The first-order chi connectivity index (χ1) is 17.9. The van der Waals surface area contributed by atoms with Gasteiger partial charge in [0.15, 0.2) is 5.78 Å². The molecule has 1 heterocycles. The van der Waals surface area contributed by atoms with E-state index in [1.807, 2.05) is 37.3 Å². The largest absolute Gasteiger partial charge is 0.453 e. The topological polar surface area (TPSA) is 89.5 Å². The zero-order chi connectivity index (χ0) is 25.9. The van der Waals surface area contributed by atoms with Gasteiger partial charge in [-0.25, -0.2) is 4.79 Å². The number of aryl methyl sites for hydroxylation is 1. The van der Waals surface area contributed by atoms with Gasteiger partial charge in [-0.3, -0.25) is 14.4 Å². The minimum atomic E-state index is -1.57. The van der Waals surface area contributed by atoms with Crippen molar-refractivity contribution in [2.45, 2.75) is 13.0 Å².